The van der Waals surface area contributed by atoms with E-state index in [0.29, 0.717) is 5.25 Å². The van der Waals surface area contributed by atoms with Crippen LogP contribution < -0.4 is 0 Å². The molecular weight excluding hydrogens is 148 g/mol. The van der Waals surface area contributed by atoms with Crippen molar-refractivity contribution in [1.29, 1.82) is 0 Å². The molecule has 60 valence electrons. The minimum Gasteiger partial charge on any atom is -0.480 e. The Labute approximate surface area is 66.0 Å². The maximum Gasteiger partial charge on any atom is 0.319 e. The molecule has 0 aromatic rings. The summed E-state index contributed by atoms with van der Waals surface area (Å²) >= 11 is 1.47. The molecule has 0 aromatic carbocycles. The number of hydrogen-bond acceptors (Lipinski definition) is 2. The molecule has 0 aromatic heterocycles. The highest BCUT2D eigenvalue weighted by Crippen LogP contribution is 2.28. The molecule has 0 amide bonds. The number of aliphatic carboxylic acids is 1. The van der Waals surface area contributed by atoms with Crippen LogP contribution in [0.15, 0.2) is 0 Å². The molecule has 0 saturated heterocycles. The van der Waals surface area contributed by atoms with Gasteiger partial charge in [0.05, 0.1) is 0 Å². The van der Waals surface area contributed by atoms with Crippen LogP contribution in [0.5, 0.6) is 0 Å². The second-order valence-corrected chi connectivity index (χ2v) is 5.18. The van der Waals surface area contributed by atoms with Crippen LogP contribution in [0.1, 0.15) is 27.7 Å². The minimum atomic E-state index is -0.744. The van der Waals surface area contributed by atoms with Crippen molar-refractivity contribution < 1.29 is 9.90 Å². The van der Waals surface area contributed by atoms with Gasteiger partial charge in [-0.15, -0.1) is 11.8 Å². The largest absolute Gasteiger partial charge is 0.480 e. The average Bonchev–Trinajstić information content (AvgIpc) is 1.60. The third kappa shape index (κ3) is 3.11. The van der Waals surface area contributed by atoms with Gasteiger partial charge in [-0.3, -0.25) is 4.79 Å². The molecule has 3 heteroatoms. The Balaban J connectivity index is 4.00. The van der Waals surface area contributed by atoms with Crippen molar-refractivity contribution >= 4 is 17.7 Å². The summed E-state index contributed by atoms with van der Waals surface area (Å²) in [6.07, 6.45) is 0. The first kappa shape index (κ1) is 9.82. The van der Waals surface area contributed by atoms with Crippen molar-refractivity contribution in [2.24, 2.45) is 0 Å². The molecule has 2 nitrogen and oxygen atoms in total. The van der Waals surface area contributed by atoms with Crippen molar-refractivity contribution in [2.45, 2.75) is 37.7 Å². The molecule has 0 unspecified atom stereocenters. The second-order valence-electron chi connectivity index (χ2n) is 2.98. The molecule has 0 bridgehead atoms. The Bertz CT molecular complexity index is 130. The van der Waals surface area contributed by atoms with Gasteiger partial charge in [0.25, 0.3) is 0 Å². The highest BCUT2D eigenvalue weighted by molar-refractivity contribution is 8.01. The highest BCUT2D eigenvalue weighted by Gasteiger charge is 2.28. The van der Waals surface area contributed by atoms with Gasteiger partial charge >= 0.3 is 5.97 Å². The molecule has 0 heterocycles. The lowest BCUT2D eigenvalue weighted by Gasteiger charge is -2.20. The smallest absolute Gasteiger partial charge is 0.319 e. The van der Waals surface area contributed by atoms with E-state index < -0.39 is 10.7 Å². The predicted octanol–water partition coefficient (Wildman–Crippen LogP) is 1.99. The second kappa shape index (κ2) is 3.28. The van der Waals surface area contributed by atoms with Crippen LogP contribution in [-0.2, 0) is 4.79 Å². The monoisotopic (exact) mass is 162 g/mol. The van der Waals surface area contributed by atoms with Gasteiger partial charge in [-0.1, -0.05) is 13.8 Å². The maximum absolute atomic E-state index is 10.5. The van der Waals surface area contributed by atoms with Crippen molar-refractivity contribution in [3.05, 3.63) is 0 Å². The van der Waals surface area contributed by atoms with Crippen LogP contribution in [0, 0.1) is 0 Å². The van der Waals surface area contributed by atoms with Crippen molar-refractivity contribution in [2.75, 3.05) is 0 Å². The third-order valence-electron chi connectivity index (χ3n) is 1.05. The summed E-state index contributed by atoms with van der Waals surface area (Å²) in [5.74, 6) is -0.744. The van der Waals surface area contributed by atoms with Crippen LogP contribution in [-0.4, -0.2) is 21.1 Å². The summed E-state index contributed by atoms with van der Waals surface area (Å²) < 4.78 is -0.645. The standard InChI is InChI=1S/C7H14O2S/c1-5(2)10-7(3,4)6(8)9/h5H,1-4H3,(H,8,9). The summed E-state index contributed by atoms with van der Waals surface area (Å²) in [5, 5.41) is 9.04. The number of carbonyl (C=O) groups is 1. The first-order valence-corrected chi connectivity index (χ1v) is 4.15. The summed E-state index contributed by atoms with van der Waals surface area (Å²) in [6.45, 7) is 7.44. The van der Waals surface area contributed by atoms with Gasteiger partial charge in [0.15, 0.2) is 0 Å². The van der Waals surface area contributed by atoms with E-state index in [-0.39, 0.29) is 0 Å². The first-order valence-electron chi connectivity index (χ1n) is 3.27. The lowest BCUT2D eigenvalue weighted by Crippen LogP contribution is -2.28. The van der Waals surface area contributed by atoms with E-state index in [4.69, 9.17) is 5.11 Å². The number of rotatable bonds is 3. The molecule has 0 aliphatic carbocycles. The van der Waals surface area contributed by atoms with E-state index in [1.165, 1.54) is 11.8 Å². The highest BCUT2D eigenvalue weighted by atomic mass is 32.2. The van der Waals surface area contributed by atoms with E-state index in [1.807, 2.05) is 13.8 Å². The maximum atomic E-state index is 10.5. The van der Waals surface area contributed by atoms with Crippen LogP contribution in [0.4, 0.5) is 0 Å². The lowest BCUT2D eigenvalue weighted by molar-refractivity contribution is -0.138. The zero-order valence-corrected chi connectivity index (χ0v) is 7.66. The molecule has 10 heavy (non-hydrogen) atoms. The third-order valence-corrected chi connectivity index (χ3v) is 2.28. The van der Waals surface area contributed by atoms with Crippen molar-refractivity contribution in [1.82, 2.24) is 0 Å². The molecule has 0 radical (unpaired) electrons. The summed E-state index contributed by atoms with van der Waals surface area (Å²) in [4.78, 5) is 10.5. The molecule has 0 saturated carbocycles. The molecule has 0 fully saturated rings. The number of carboxylic acids is 1. The summed E-state index contributed by atoms with van der Waals surface area (Å²) in [7, 11) is 0. The molecule has 0 atom stereocenters. The van der Waals surface area contributed by atoms with Gasteiger partial charge in [-0.2, -0.15) is 0 Å². The Hall–Kier alpha value is -0.180. The summed E-state index contributed by atoms with van der Waals surface area (Å²) in [5.41, 5.74) is 0. The molecule has 0 aliphatic heterocycles. The van der Waals surface area contributed by atoms with Gasteiger partial charge in [-0.25, -0.2) is 0 Å². The van der Waals surface area contributed by atoms with Crippen LogP contribution in [0.3, 0.4) is 0 Å². The molecule has 0 spiro atoms. The fourth-order valence-electron chi connectivity index (χ4n) is 0.640. The SMILES string of the molecule is CC(C)SC(C)(C)C(=O)O. The van der Waals surface area contributed by atoms with Gasteiger partial charge < -0.3 is 5.11 Å². The molecular formula is C7H14O2S. The predicted molar refractivity (Wildman–Crippen MR) is 44.4 cm³/mol. The van der Waals surface area contributed by atoms with E-state index in [2.05, 4.69) is 0 Å². The quantitative estimate of drug-likeness (QED) is 0.689. The van der Waals surface area contributed by atoms with Crippen LogP contribution in [0.2, 0.25) is 0 Å². The zero-order valence-electron chi connectivity index (χ0n) is 6.84. The fraction of sp³-hybridized carbons (Fsp3) is 0.857. The van der Waals surface area contributed by atoms with Crippen LogP contribution in [0.25, 0.3) is 0 Å². The lowest BCUT2D eigenvalue weighted by atomic mass is 10.2. The Kier molecular flexibility index (Phi) is 3.22. The Morgan fingerprint density at radius 2 is 1.90 bits per heavy atom. The van der Waals surface area contributed by atoms with Crippen molar-refractivity contribution in [3.8, 4) is 0 Å². The van der Waals surface area contributed by atoms with E-state index in [1.54, 1.807) is 13.8 Å². The zero-order chi connectivity index (χ0) is 8.36. The van der Waals surface area contributed by atoms with Crippen molar-refractivity contribution in [3.63, 3.8) is 0 Å². The van der Waals surface area contributed by atoms with Gasteiger partial charge in [-0.05, 0) is 13.8 Å². The van der Waals surface area contributed by atoms with E-state index in [0.717, 1.165) is 0 Å². The fourth-order valence-corrected chi connectivity index (χ4v) is 1.92. The van der Waals surface area contributed by atoms with E-state index >= 15 is 0 Å². The van der Waals surface area contributed by atoms with Crippen LogP contribution >= 0.6 is 11.8 Å². The Morgan fingerprint density at radius 1 is 1.50 bits per heavy atom. The van der Waals surface area contributed by atoms with Gasteiger partial charge in [0.1, 0.15) is 4.75 Å². The Morgan fingerprint density at radius 3 is 2.00 bits per heavy atom. The topological polar surface area (TPSA) is 37.3 Å². The first-order chi connectivity index (χ1) is 4.36. The average molecular weight is 162 g/mol. The molecule has 1 N–H and O–H groups in total. The molecule has 0 aliphatic rings. The van der Waals surface area contributed by atoms with Gasteiger partial charge in [0.2, 0.25) is 0 Å². The number of thioether (sulfide) groups is 1. The number of hydrogen-bond donors (Lipinski definition) is 1. The number of carboxylic acid groups (broad SMARTS) is 1. The summed E-state index contributed by atoms with van der Waals surface area (Å²) in [6, 6.07) is 0. The van der Waals surface area contributed by atoms with E-state index in [9.17, 15) is 4.79 Å². The normalized spacial score (nSPS) is 12.1. The van der Waals surface area contributed by atoms with Gasteiger partial charge in [0, 0.05) is 5.25 Å². The molecule has 0 rings (SSSR count). The minimum absolute atomic E-state index is 0.367.